The molecule has 0 bridgehead atoms. The molecule has 0 fully saturated rings. The summed E-state index contributed by atoms with van der Waals surface area (Å²) < 4.78 is 0.866. The first kappa shape index (κ1) is 17.4. The average Bonchev–Trinajstić information content (AvgIpc) is 2.98. The molecule has 0 aliphatic carbocycles. The van der Waals surface area contributed by atoms with Crippen LogP contribution in [0.15, 0.2) is 53.1 Å². The molecule has 1 aromatic heterocycles. The second-order valence-electron chi connectivity index (χ2n) is 4.99. The van der Waals surface area contributed by atoms with Crippen LogP contribution in [0.25, 0.3) is 0 Å². The van der Waals surface area contributed by atoms with Gasteiger partial charge in [-0.05, 0) is 45.8 Å². The number of aromatic nitrogens is 1. The van der Waals surface area contributed by atoms with Gasteiger partial charge in [0.2, 0.25) is 0 Å². The van der Waals surface area contributed by atoms with E-state index in [1.807, 2.05) is 18.2 Å². The minimum Gasteiger partial charge on any atom is -0.298 e. The third-order valence-corrected chi connectivity index (χ3v) is 5.73. The maximum Gasteiger partial charge on any atom is 0.258 e. The van der Waals surface area contributed by atoms with Gasteiger partial charge in [0.25, 0.3) is 5.91 Å². The molecule has 1 amide bonds. The molecule has 0 aliphatic heterocycles. The standard InChI is InChI=1S/C17H11BrCl2N2OS/c18-13-6-5-10(8-15(13)20)7-11-9-21-17(24-11)22-16(23)12-3-1-2-4-14(12)19/h1-6,8-9H,7H2,(H,21,22,23). The molecule has 122 valence electrons. The zero-order chi connectivity index (χ0) is 17.1. The van der Waals surface area contributed by atoms with E-state index in [0.717, 1.165) is 14.9 Å². The van der Waals surface area contributed by atoms with Gasteiger partial charge in [0.05, 0.1) is 15.6 Å². The molecule has 3 rings (SSSR count). The van der Waals surface area contributed by atoms with Crippen molar-refractivity contribution < 1.29 is 4.79 Å². The Morgan fingerprint density at radius 2 is 1.96 bits per heavy atom. The predicted molar refractivity (Wildman–Crippen MR) is 103 cm³/mol. The van der Waals surface area contributed by atoms with E-state index < -0.39 is 0 Å². The molecule has 1 heterocycles. The molecule has 0 saturated heterocycles. The lowest BCUT2D eigenvalue weighted by Gasteiger charge is -2.03. The number of anilines is 1. The molecular formula is C17H11BrCl2N2OS. The van der Waals surface area contributed by atoms with Gasteiger partial charge in [-0.25, -0.2) is 4.98 Å². The summed E-state index contributed by atoms with van der Waals surface area (Å²) in [5.74, 6) is -0.270. The van der Waals surface area contributed by atoms with E-state index in [0.29, 0.717) is 27.2 Å². The highest BCUT2D eigenvalue weighted by molar-refractivity contribution is 9.10. The SMILES string of the molecule is O=C(Nc1ncc(Cc2ccc(Br)c(Cl)c2)s1)c1ccccc1Cl. The van der Waals surface area contributed by atoms with Crippen LogP contribution in [0.3, 0.4) is 0 Å². The number of carbonyl (C=O) groups excluding carboxylic acids is 1. The molecule has 3 aromatic rings. The van der Waals surface area contributed by atoms with Crippen LogP contribution in [-0.2, 0) is 6.42 Å². The van der Waals surface area contributed by atoms with Crippen LogP contribution in [0.5, 0.6) is 0 Å². The van der Waals surface area contributed by atoms with Gasteiger partial charge in [0, 0.05) is 22.0 Å². The zero-order valence-corrected chi connectivity index (χ0v) is 16.1. The summed E-state index contributed by atoms with van der Waals surface area (Å²) in [7, 11) is 0. The van der Waals surface area contributed by atoms with Crippen molar-refractivity contribution >= 4 is 61.5 Å². The van der Waals surface area contributed by atoms with Crippen molar-refractivity contribution in [3.05, 3.63) is 79.2 Å². The van der Waals surface area contributed by atoms with Gasteiger partial charge in [-0.3, -0.25) is 10.1 Å². The number of carbonyl (C=O) groups is 1. The van der Waals surface area contributed by atoms with Crippen molar-refractivity contribution in [1.29, 1.82) is 0 Å². The Kier molecular flexibility index (Phi) is 5.56. The van der Waals surface area contributed by atoms with Gasteiger partial charge >= 0.3 is 0 Å². The largest absolute Gasteiger partial charge is 0.298 e. The molecule has 1 N–H and O–H groups in total. The lowest BCUT2D eigenvalue weighted by molar-refractivity contribution is 0.102. The highest BCUT2D eigenvalue weighted by atomic mass is 79.9. The minimum absolute atomic E-state index is 0.270. The summed E-state index contributed by atoms with van der Waals surface area (Å²) in [6.07, 6.45) is 2.45. The molecule has 0 atom stereocenters. The van der Waals surface area contributed by atoms with Gasteiger partial charge < -0.3 is 0 Å². The summed E-state index contributed by atoms with van der Waals surface area (Å²) in [5, 5.41) is 4.40. The monoisotopic (exact) mass is 440 g/mol. The number of thiazole rings is 1. The smallest absolute Gasteiger partial charge is 0.258 e. The molecule has 24 heavy (non-hydrogen) atoms. The summed E-state index contributed by atoms with van der Waals surface area (Å²) in [6, 6.07) is 12.7. The Morgan fingerprint density at radius 3 is 2.71 bits per heavy atom. The highest BCUT2D eigenvalue weighted by Gasteiger charge is 2.12. The van der Waals surface area contributed by atoms with Crippen LogP contribution < -0.4 is 5.32 Å². The third kappa shape index (κ3) is 4.16. The van der Waals surface area contributed by atoms with Gasteiger partial charge in [-0.2, -0.15) is 0 Å². The Labute approximate surface area is 161 Å². The fourth-order valence-electron chi connectivity index (χ4n) is 2.11. The van der Waals surface area contributed by atoms with Crippen molar-refractivity contribution in [1.82, 2.24) is 4.98 Å². The second-order valence-corrected chi connectivity index (χ2v) is 7.77. The Morgan fingerprint density at radius 1 is 1.17 bits per heavy atom. The lowest BCUT2D eigenvalue weighted by atomic mass is 10.1. The number of amides is 1. The first-order valence-corrected chi connectivity index (χ1v) is 9.34. The van der Waals surface area contributed by atoms with Crippen LogP contribution in [0.2, 0.25) is 10.0 Å². The quantitative estimate of drug-likeness (QED) is 0.534. The van der Waals surface area contributed by atoms with Crippen molar-refractivity contribution in [3.8, 4) is 0 Å². The topological polar surface area (TPSA) is 42.0 Å². The first-order chi connectivity index (χ1) is 11.5. The Balaban J connectivity index is 1.70. The number of hydrogen-bond donors (Lipinski definition) is 1. The Hall–Kier alpha value is -1.40. The molecule has 7 heteroatoms. The maximum absolute atomic E-state index is 12.2. The van der Waals surface area contributed by atoms with Gasteiger partial charge in [0.1, 0.15) is 0 Å². The van der Waals surface area contributed by atoms with Crippen molar-refractivity contribution in [2.24, 2.45) is 0 Å². The van der Waals surface area contributed by atoms with E-state index >= 15 is 0 Å². The number of halogens is 3. The molecule has 0 spiro atoms. The zero-order valence-electron chi connectivity index (χ0n) is 12.2. The molecule has 0 unspecified atom stereocenters. The summed E-state index contributed by atoms with van der Waals surface area (Å²) >= 11 is 16.9. The fourth-order valence-corrected chi connectivity index (χ4v) is 3.62. The normalized spacial score (nSPS) is 10.6. The van der Waals surface area contributed by atoms with Crippen LogP contribution >= 0.6 is 50.5 Å². The van der Waals surface area contributed by atoms with Gasteiger partial charge in [-0.15, -0.1) is 11.3 Å². The number of nitrogens with zero attached hydrogens (tertiary/aromatic N) is 1. The molecule has 0 aliphatic rings. The summed E-state index contributed by atoms with van der Waals surface area (Å²) in [6.45, 7) is 0. The third-order valence-electron chi connectivity index (χ3n) is 3.25. The Bertz CT molecular complexity index is 898. The van der Waals surface area contributed by atoms with Gasteiger partial charge in [0.15, 0.2) is 5.13 Å². The van der Waals surface area contributed by atoms with E-state index in [4.69, 9.17) is 23.2 Å². The number of nitrogens with one attached hydrogen (secondary N) is 1. The number of benzene rings is 2. The van der Waals surface area contributed by atoms with Crippen molar-refractivity contribution in [2.45, 2.75) is 6.42 Å². The molecule has 3 nitrogen and oxygen atoms in total. The fraction of sp³-hybridized carbons (Fsp3) is 0.0588. The molecule has 0 saturated carbocycles. The van der Waals surface area contributed by atoms with Gasteiger partial charge in [-0.1, -0.05) is 41.4 Å². The molecule has 2 aromatic carbocycles. The number of rotatable bonds is 4. The summed E-state index contributed by atoms with van der Waals surface area (Å²) in [5.41, 5.74) is 1.51. The van der Waals surface area contributed by atoms with E-state index in [1.54, 1.807) is 30.5 Å². The van der Waals surface area contributed by atoms with E-state index in [2.05, 4.69) is 26.2 Å². The first-order valence-electron chi connectivity index (χ1n) is 6.97. The van der Waals surface area contributed by atoms with Crippen LogP contribution in [0, 0.1) is 0 Å². The summed E-state index contributed by atoms with van der Waals surface area (Å²) in [4.78, 5) is 17.5. The average molecular weight is 442 g/mol. The molecular weight excluding hydrogens is 431 g/mol. The number of hydrogen-bond acceptors (Lipinski definition) is 3. The van der Waals surface area contributed by atoms with E-state index in [9.17, 15) is 4.79 Å². The lowest BCUT2D eigenvalue weighted by Crippen LogP contribution is -2.11. The van der Waals surface area contributed by atoms with Crippen LogP contribution in [-0.4, -0.2) is 10.9 Å². The molecule has 0 radical (unpaired) electrons. The van der Waals surface area contributed by atoms with E-state index in [1.165, 1.54) is 11.3 Å². The van der Waals surface area contributed by atoms with Crippen LogP contribution in [0.4, 0.5) is 5.13 Å². The second kappa shape index (κ2) is 7.66. The maximum atomic E-state index is 12.2. The minimum atomic E-state index is -0.270. The van der Waals surface area contributed by atoms with E-state index in [-0.39, 0.29) is 5.91 Å². The van der Waals surface area contributed by atoms with Crippen molar-refractivity contribution in [2.75, 3.05) is 5.32 Å². The van der Waals surface area contributed by atoms with Crippen LogP contribution in [0.1, 0.15) is 20.8 Å². The van der Waals surface area contributed by atoms with Crippen molar-refractivity contribution in [3.63, 3.8) is 0 Å². The highest BCUT2D eigenvalue weighted by Crippen LogP contribution is 2.27. The predicted octanol–water partition coefficient (Wildman–Crippen LogP) is 6.06.